The van der Waals surface area contributed by atoms with Crippen molar-refractivity contribution in [1.29, 1.82) is 0 Å². The molecule has 2 saturated heterocycles. The molecule has 0 amide bonds. The maximum Gasteiger partial charge on any atom is 0.245 e. The maximum atomic E-state index is 13.6. The van der Waals surface area contributed by atoms with Gasteiger partial charge in [-0.25, -0.2) is 13.4 Å². The van der Waals surface area contributed by atoms with Gasteiger partial charge in [-0.1, -0.05) is 29.3 Å². The number of halogens is 2. The summed E-state index contributed by atoms with van der Waals surface area (Å²) in [6.07, 6.45) is 6.11. The SMILES string of the molecule is O=S(=O)(c1cc(-c2ncc(-c3ccc(Cl)c(C4CC4)c3)[nH]2)ccc1Cl)N1C2CCC1CC(O)C2. The van der Waals surface area contributed by atoms with Crippen LogP contribution in [0.5, 0.6) is 0 Å². The minimum Gasteiger partial charge on any atom is -0.393 e. The number of nitrogens with zero attached hydrogens (tertiary/aromatic N) is 2. The highest BCUT2D eigenvalue weighted by atomic mass is 35.5. The summed E-state index contributed by atoms with van der Waals surface area (Å²) in [5, 5.41) is 11.1. The lowest BCUT2D eigenvalue weighted by atomic mass is 10.0. The molecule has 2 aliphatic heterocycles. The molecule has 9 heteroatoms. The van der Waals surface area contributed by atoms with Crippen molar-refractivity contribution in [3.05, 3.63) is 58.2 Å². The molecule has 2 N–H and O–H groups in total. The smallest absolute Gasteiger partial charge is 0.245 e. The van der Waals surface area contributed by atoms with Crippen LogP contribution >= 0.6 is 23.2 Å². The van der Waals surface area contributed by atoms with E-state index < -0.39 is 16.1 Å². The van der Waals surface area contributed by atoms with Gasteiger partial charge in [-0.3, -0.25) is 0 Å². The van der Waals surface area contributed by atoms with Gasteiger partial charge in [-0.15, -0.1) is 0 Å². The number of rotatable bonds is 5. The van der Waals surface area contributed by atoms with Crippen molar-refractivity contribution in [3.8, 4) is 22.6 Å². The van der Waals surface area contributed by atoms with Gasteiger partial charge < -0.3 is 10.1 Å². The van der Waals surface area contributed by atoms with Crippen molar-refractivity contribution in [2.45, 2.75) is 67.5 Å². The molecular weight excluding hydrogens is 493 g/mol. The van der Waals surface area contributed by atoms with E-state index in [9.17, 15) is 13.5 Å². The van der Waals surface area contributed by atoms with Crippen LogP contribution in [0.4, 0.5) is 0 Å². The number of imidazole rings is 1. The first kappa shape index (κ1) is 22.6. The predicted octanol–water partition coefficient (Wildman–Crippen LogP) is 5.60. The van der Waals surface area contributed by atoms with Crippen molar-refractivity contribution < 1.29 is 13.5 Å². The van der Waals surface area contributed by atoms with Gasteiger partial charge in [-0.05, 0) is 85.9 Å². The van der Waals surface area contributed by atoms with E-state index in [0.29, 0.717) is 30.1 Å². The Kier molecular flexibility index (Phi) is 5.54. The summed E-state index contributed by atoms with van der Waals surface area (Å²) < 4.78 is 28.9. The van der Waals surface area contributed by atoms with Gasteiger partial charge in [0.05, 0.1) is 23.0 Å². The number of nitrogens with one attached hydrogen (secondary N) is 1. The third-order valence-electron chi connectivity index (χ3n) is 7.30. The van der Waals surface area contributed by atoms with Gasteiger partial charge in [0, 0.05) is 22.7 Å². The first-order chi connectivity index (χ1) is 16.3. The molecule has 2 aromatic carbocycles. The Morgan fingerprint density at radius 2 is 1.62 bits per heavy atom. The summed E-state index contributed by atoms with van der Waals surface area (Å²) in [5.74, 6) is 1.10. The lowest BCUT2D eigenvalue weighted by Crippen LogP contribution is -2.47. The van der Waals surface area contributed by atoms with E-state index in [-0.39, 0.29) is 22.0 Å². The van der Waals surface area contributed by atoms with E-state index >= 15 is 0 Å². The summed E-state index contributed by atoms with van der Waals surface area (Å²) >= 11 is 12.8. The number of fused-ring (bicyclic) bond motifs is 2. The number of hydrogen-bond donors (Lipinski definition) is 2. The zero-order valence-electron chi connectivity index (χ0n) is 18.4. The Labute approximate surface area is 209 Å². The van der Waals surface area contributed by atoms with Crippen molar-refractivity contribution in [3.63, 3.8) is 0 Å². The second-order valence-corrected chi connectivity index (χ2v) is 12.3. The summed E-state index contributed by atoms with van der Waals surface area (Å²) in [5.41, 5.74) is 3.65. The molecule has 3 fully saturated rings. The second-order valence-electron chi connectivity index (χ2n) is 9.65. The van der Waals surface area contributed by atoms with Gasteiger partial charge in [0.2, 0.25) is 10.0 Å². The fourth-order valence-corrected chi connectivity index (χ4v) is 8.16. The molecule has 2 unspecified atom stereocenters. The van der Waals surface area contributed by atoms with Crippen molar-refractivity contribution in [2.75, 3.05) is 0 Å². The van der Waals surface area contributed by atoms with E-state index in [0.717, 1.165) is 47.5 Å². The van der Waals surface area contributed by atoms with Gasteiger partial charge in [0.1, 0.15) is 10.7 Å². The maximum absolute atomic E-state index is 13.6. The molecule has 178 valence electrons. The number of H-pyrrole nitrogens is 1. The molecule has 1 saturated carbocycles. The second kappa shape index (κ2) is 8.35. The van der Waals surface area contributed by atoms with Crippen LogP contribution in [0.15, 0.2) is 47.5 Å². The molecule has 6 nitrogen and oxygen atoms in total. The molecule has 2 atom stereocenters. The molecule has 3 heterocycles. The highest BCUT2D eigenvalue weighted by Gasteiger charge is 2.47. The number of piperidine rings is 1. The zero-order chi connectivity index (χ0) is 23.6. The van der Waals surface area contributed by atoms with Crippen molar-refractivity contribution in [2.24, 2.45) is 0 Å². The molecule has 0 radical (unpaired) electrons. The molecule has 1 aliphatic carbocycles. The van der Waals surface area contributed by atoms with E-state index in [1.54, 1.807) is 28.7 Å². The van der Waals surface area contributed by atoms with Gasteiger partial charge in [0.25, 0.3) is 0 Å². The van der Waals surface area contributed by atoms with Crippen LogP contribution in [0.25, 0.3) is 22.6 Å². The van der Waals surface area contributed by atoms with Gasteiger partial charge >= 0.3 is 0 Å². The number of benzene rings is 2. The first-order valence-electron chi connectivity index (χ1n) is 11.7. The number of sulfonamides is 1. The lowest BCUT2D eigenvalue weighted by molar-refractivity contribution is 0.0769. The molecule has 1 aromatic heterocycles. The van der Waals surface area contributed by atoms with Crippen LogP contribution in [-0.4, -0.2) is 46.0 Å². The van der Waals surface area contributed by atoms with Crippen LogP contribution in [0.2, 0.25) is 10.0 Å². The highest BCUT2D eigenvalue weighted by Crippen LogP contribution is 2.45. The van der Waals surface area contributed by atoms with Crippen LogP contribution < -0.4 is 0 Å². The highest BCUT2D eigenvalue weighted by molar-refractivity contribution is 7.89. The topological polar surface area (TPSA) is 86.3 Å². The minimum absolute atomic E-state index is 0.0837. The zero-order valence-corrected chi connectivity index (χ0v) is 20.7. The molecule has 3 aromatic rings. The van der Waals surface area contributed by atoms with Crippen LogP contribution in [0, 0.1) is 0 Å². The van der Waals surface area contributed by atoms with E-state index in [4.69, 9.17) is 23.2 Å². The van der Waals surface area contributed by atoms with Crippen LogP contribution in [0.1, 0.15) is 50.0 Å². The summed E-state index contributed by atoms with van der Waals surface area (Å²) in [4.78, 5) is 7.93. The Balaban J connectivity index is 1.33. The van der Waals surface area contributed by atoms with Crippen molar-refractivity contribution in [1.82, 2.24) is 14.3 Å². The Morgan fingerprint density at radius 1 is 0.941 bits per heavy atom. The van der Waals surface area contributed by atoms with Gasteiger partial charge in [0.15, 0.2) is 0 Å². The molecule has 2 bridgehead atoms. The van der Waals surface area contributed by atoms with Crippen LogP contribution in [-0.2, 0) is 10.0 Å². The Morgan fingerprint density at radius 3 is 2.32 bits per heavy atom. The number of aliphatic hydroxyl groups is 1. The summed E-state index contributed by atoms with van der Waals surface area (Å²) in [6, 6.07) is 10.6. The van der Waals surface area contributed by atoms with Gasteiger partial charge in [-0.2, -0.15) is 4.31 Å². The molecule has 0 spiro atoms. The standard InChI is InChI=1S/C25H25Cl2N3O3S/c26-21-7-3-15(9-20(21)14-1-2-14)23-13-28-25(29-23)16-4-8-22(27)24(10-16)34(32,33)30-17-5-6-18(30)12-19(31)11-17/h3-4,7-10,13-14,17-19,31H,1-2,5-6,11-12H2,(H,28,29). The fraction of sp³-hybridized carbons (Fsp3) is 0.400. The number of aliphatic hydroxyl groups excluding tert-OH is 1. The van der Waals surface area contributed by atoms with E-state index in [1.807, 2.05) is 12.1 Å². The van der Waals surface area contributed by atoms with Crippen LogP contribution in [0.3, 0.4) is 0 Å². The molecule has 3 aliphatic rings. The van der Waals surface area contributed by atoms with Crippen molar-refractivity contribution >= 4 is 33.2 Å². The summed E-state index contributed by atoms with van der Waals surface area (Å²) in [7, 11) is -3.81. The minimum atomic E-state index is -3.81. The Hall–Kier alpha value is -1.90. The summed E-state index contributed by atoms with van der Waals surface area (Å²) in [6.45, 7) is 0. The fourth-order valence-electron chi connectivity index (χ4n) is 5.49. The average Bonchev–Trinajstić information content (AvgIpc) is 3.45. The Bertz CT molecular complexity index is 1360. The largest absolute Gasteiger partial charge is 0.393 e. The molecule has 34 heavy (non-hydrogen) atoms. The van der Waals surface area contributed by atoms with E-state index in [2.05, 4.69) is 16.0 Å². The molecule has 6 rings (SSSR count). The lowest BCUT2D eigenvalue weighted by Gasteiger charge is -2.36. The number of aromatic amines is 1. The third-order valence-corrected chi connectivity index (χ3v) is 10.1. The number of aromatic nitrogens is 2. The number of hydrogen-bond acceptors (Lipinski definition) is 4. The first-order valence-corrected chi connectivity index (χ1v) is 13.9. The predicted molar refractivity (Wildman–Crippen MR) is 133 cm³/mol. The third kappa shape index (κ3) is 3.88. The quantitative estimate of drug-likeness (QED) is 0.460. The average molecular weight is 518 g/mol. The normalized spacial score (nSPS) is 25.1. The monoisotopic (exact) mass is 517 g/mol. The van der Waals surface area contributed by atoms with E-state index in [1.165, 1.54) is 0 Å². The molecular formula is C25H25Cl2N3O3S.